The molecule has 2 aromatic heterocycles. The maximum absolute atomic E-state index is 12.5. The number of aromatic nitrogens is 4. The van der Waals surface area contributed by atoms with Gasteiger partial charge in [0.1, 0.15) is 11.9 Å². The third-order valence-corrected chi connectivity index (χ3v) is 5.25. The summed E-state index contributed by atoms with van der Waals surface area (Å²) in [5.41, 5.74) is 0.116. The molecule has 31 heavy (non-hydrogen) atoms. The number of ether oxygens (including phenoxy) is 1. The molecule has 1 aromatic carbocycles. The SMILES string of the molecule is O=C(NCC(=O)N1CCC(Oc2ccccc2Cl)CC1)c1cn(-c2ccccn2)nn1. The van der Waals surface area contributed by atoms with Gasteiger partial charge in [0.15, 0.2) is 11.5 Å². The maximum atomic E-state index is 12.5. The molecule has 4 rings (SSSR count). The second-order valence-corrected chi connectivity index (χ2v) is 7.45. The Labute approximate surface area is 184 Å². The highest BCUT2D eigenvalue weighted by atomic mass is 35.5. The molecule has 1 N–H and O–H groups in total. The Morgan fingerprint density at radius 2 is 1.90 bits per heavy atom. The molecule has 0 saturated carbocycles. The molecule has 1 aliphatic rings. The zero-order valence-electron chi connectivity index (χ0n) is 16.6. The topological polar surface area (TPSA) is 102 Å². The molecule has 9 nitrogen and oxygen atoms in total. The van der Waals surface area contributed by atoms with Gasteiger partial charge in [-0.1, -0.05) is 35.0 Å². The van der Waals surface area contributed by atoms with E-state index in [1.807, 2.05) is 24.3 Å². The molecule has 10 heteroatoms. The smallest absolute Gasteiger partial charge is 0.273 e. The van der Waals surface area contributed by atoms with Crippen molar-refractivity contribution in [2.45, 2.75) is 18.9 Å². The Balaban J connectivity index is 1.24. The molecule has 1 fully saturated rings. The minimum Gasteiger partial charge on any atom is -0.489 e. The van der Waals surface area contributed by atoms with Crippen molar-refractivity contribution in [1.29, 1.82) is 0 Å². The lowest BCUT2D eigenvalue weighted by Crippen LogP contribution is -2.46. The average Bonchev–Trinajstić information content (AvgIpc) is 3.30. The van der Waals surface area contributed by atoms with Gasteiger partial charge in [-0.2, -0.15) is 0 Å². The third-order valence-electron chi connectivity index (χ3n) is 4.94. The van der Waals surface area contributed by atoms with Gasteiger partial charge in [0.2, 0.25) is 5.91 Å². The van der Waals surface area contributed by atoms with E-state index in [4.69, 9.17) is 16.3 Å². The number of hydrogen-bond acceptors (Lipinski definition) is 6. The molecule has 3 aromatic rings. The van der Waals surface area contributed by atoms with Gasteiger partial charge >= 0.3 is 0 Å². The number of rotatable bonds is 6. The number of nitrogens with one attached hydrogen (secondary N) is 1. The van der Waals surface area contributed by atoms with Crippen LogP contribution in [0.3, 0.4) is 0 Å². The highest BCUT2D eigenvalue weighted by Gasteiger charge is 2.25. The van der Waals surface area contributed by atoms with Crippen LogP contribution >= 0.6 is 11.6 Å². The fourth-order valence-corrected chi connectivity index (χ4v) is 3.45. The predicted octanol–water partition coefficient (Wildman–Crippen LogP) is 2.12. The number of likely N-dealkylation sites (tertiary alicyclic amines) is 1. The Kier molecular flexibility index (Phi) is 6.42. The normalized spacial score (nSPS) is 14.3. The lowest BCUT2D eigenvalue weighted by atomic mass is 10.1. The summed E-state index contributed by atoms with van der Waals surface area (Å²) < 4.78 is 7.35. The molecule has 0 unspecified atom stereocenters. The number of benzene rings is 1. The van der Waals surface area contributed by atoms with Crippen LogP contribution in [-0.4, -0.2) is 62.4 Å². The van der Waals surface area contributed by atoms with Crippen LogP contribution in [0.1, 0.15) is 23.3 Å². The number of halogens is 1. The summed E-state index contributed by atoms with van der Waals surface area (Å²) in [4.78, 5) is 30.7. The minimum absolute atomic E-state index is 0.000163. The molecule has 2 amide bonds. The van der Waals surface area contributed by atoms with Crippen molar-refractivity contribution in [1.82, 2.24) is 30.2 Å². The summed E-state index contributed by atoms with van der Waals surface area (Å²) in [5, 5.41) is 10.9. The Hall–Kier alpha value is -3.46. The number of carbonyl (C=O) groups is 2. The molecule has 160 valence electrons. The largest absolute Gasteiger partial charge is 0.489 e. The van der Waals surface area contributed by atoms with Gasteiger partial charge in [0.05, 0.1) is 17.8 Å². The van der Waals surface area contributed by atoms with Crippen LogP contribution in [0, 0.1) is 0 Å². The fourth-order valence-electron chi connectivity index (χ4n) is 3.27. The van der Waals surface area contributed by atoms with Crippen LogP contribution in [0.25, 0.3) is 5.82 Å². The molecule has 3 heterocycles. The standard InChI is InChI=1S/C21H21ClN6O3/c22-16-5-1-2-6-18(16)31-15-8-11-27(12-9-15)20(29)13-24-21(30)17-14-28(26-25-17)19-7-3-4-10-23-19/h1-7,10,14-15H,8-9,11-13H2,(H,24,30). The third kappa shape index (κ3) is 5.18. The summed E-state index contributed by atoms with van der Waals surface area (Å²) in [6.45, 7) is 1.00. The molecule has 0 aliphatic carbocycles. The van der Waals surface area contributed by atoms with Gasteiger partial charge < -0.3 is 15.0 Å². The molecule has 0 spiro atoms. The Bertz CT molecular complexity index is 1050. The molecule has 0 atom stereocenters. The fraction of sp³-hybridized carbons (Fsp3) is 0.286. The number of amides is 2. The first-order chi connectivity index (χ1) is 15.1. The van der Waals surface area contributed by atoms with Gasteiger partial charge in [0.25, 0.3) is 5.91 Å². The number of pyridine rings is 1. The van der Waals surface area contributed by atoms with E-state index < -0.39 is 5.91 Å². The van der Waals surface area contributed by atoms with E-state index in [1.54, 1.807) is 29.3 Å². The molecule has 1 aliphatic heterocycles. The van der Waals surface area contributed by atoms with Gasteiger partial charge in [-0.25, -0.2) is 9.67 Å². The maximum Gasteiger partial charge on any atom is 0.273 e. The molecule has 1 saturated heterocycles. The van der Waals surface area contributed by atoms with E-state index in [-0.39, 0.29) is 24.2 Å². The van der Waals surface area contributed by atoms with Gasteiger partial charge in [0, 0.05) is 32.1 Å². The lowest BCUT2D eigenvalue weighted by molar-refractivity contribution is -0.131. The van der Waals surface area contributed by atoms with E-state index in [1.165, 1.54) is 10.9 Å². The van der Waals surface area contributed by atoms with E-state index in [0.717, 1.165) is 0 Å². The number of piperidine rings is 1. The quantitative estimate of drug-likeness (QED) is 0.629. The molecule has 0 bridgehead atoms. The van der Waals surface area contributed by atoms with Gasteiger partial charge in [-0.15, -0.1) is 5.10 Å². The summed E-state index contributed by atoms with van der Waals surface area (Å²) in [6.07, 6.45) is 4.49. The summed E-state index contributed by atoms with van der Waals surface area (Å²) in [7, 11) is 0. The first kappa shape index (κ1) is 20.8. The summed E-state index contributed by atoms with van der Waals surface area (Å²) >= 11 is 6.14. The zero-order chi connectivity index (χ0) is 21.6. The first-order valence-electron chi connectivity index (χ1n) is 9.91. The zero-order valence-corrected chi connectivity index (χ0v) is 17.4. The van der Waals surface area contributed by atoms with E-state index >= 15 is 0 Å². The first-order valence-corrected chi connectivity index (χ1v) is 10.3. The van der Waals surface area contributed by atoms with Crippen molar-refractivity contribution in [3.63, 3.8) is 0 Å². The lowest BCUT2D eigenvalue weighted by Gasteiger charge is -2.32. The van der Waals surface area contributed by atoms with Crippen LogP contribution in [0.2, 0.25) is 5.02 Å². The van der Waals surface area contributed by atoms with E-state index in [9.17, 15) is 9.59 Å². The second-order valence-electron chi connectivity index (χ2n) is 7.05. The number of nitrogens with zero attached hydrogens (tertiary/aromatic N) is 5. The van der Waals surface area contributed by atoms with Crippen LogP contribution in [0.4, 0.5) is 0 Å². The molecule has 0 radical (unpaired) electrons. The number of carbonyl (C=O) groups excluding carboxylic acids is 2. The highest BCUT2D eigenvalue weighted by Crippen LogP contribution is 2.26. The van der Waals surface area contributed by atoms with Crippen LogP contribution in [-0.2, 0) is 4.79 Å². The predicted molar refractivity (Wildman–Crippen MR) is 113 cm³/mol. The number of hydrogen-bond donors (Lipinski definition) is 1. The Morgan fingerprint density at radius 3 is 2.65 bits per heavy atom. The van der Waals surface area contributed by atoms with Crippen molar-refractivity contribution >= 4 is 23.4 Å². The van der Waals surface area contributed by atoms with Crippen molar-refractivity contribution < 1.29 is 14.3 Å². The average molecular weight is 441 g/mol. The Morgan fingerprint density at radius 1 is 1.13 bits per heavy atom. The van der Waals surface area contributed by atoms with E-state index in [0.29, 0.717) is 42.5 Å². The van der Waals surface area contributed by atoms with Gasteiger partial charge in [-0.05, 0) is 24.3 Å². The highest BCUT2D eigenvalue weighted by molar-refractivity contribution is 6.32. The summed E-state index contributed by atoms with van der Waals surface area (Å²) in [6, 6.07) is 12.7. The van der Waals surface area contributed by atoms with Crippen molar-refractivity contribution in [3.05, 3.63) is 65.6 Å². The van der Waals surface area contributed by atoms with Crippen molar-refractivity contribution in [2.24, 2.45) is 0 Å². The monoisotopic (exact) mass is 440 g/mol. The molecular weight excluding hydrogens is 420 g/mol. The van der Waals surface area contributed by atoms with Crippen LogP contribution in [0.15, 0.2) is 54.9 Å². The second kappa shape index (κ2) is 9.57. The van der Waals surface area contributed by atoms with Crippen molar-refractivity contribution in [3.8, 4) is 11.6 Å². The van der Waals surface area contributed by atoms with Gasteiger partial charge in [-0.3, -0.25) is 9.59 Å². The summed E-state index contributed by atoms with van der Waals surface area (Å²) in [5.74, 6) is 0.584. The minimum atomic E-state index is -0.465. The van der Waals surface area contributed by atoms with Crippen molar-refractivity contribution in [2.75, 3.05) is 19.6 Å². The molecular formula is C21H21ClN6O3. The van der Waals surface area contributed by atoms with Crippen LogP contribution in [0.5, 0.6) is 5.75 Å². The van der Waals surface area contributed by atoms with Crippen LogP contribution < -0.4 is 10.1 Å². The van der Waals surface area contributed by atoms with E-state index in [2.05, 4.69) is 20.6 Å². The number of para-hydroxylation sites is 1.